The van der Waals surface area contributed by atoms with Crippen LogP contribution in [0, 0.1) is 5.41 Å². The Hall–Kier alpha value is -2.31. The third-order valence-corrected chi connectivity index (χ3v) is 5.48. The molecular formula is C21H28F2N2O3. The molecule has 1 heterocycles. The average Bonchev–Trinajstić information content (AvgIpc) is 3.31. The van der Waals surface area contributed by atoms with E-state index in [0.29, 0.717) is 18.4 Å². The molecule has 0 aromatic heterocycles. The summed E-state index contributed by atoms with van der Waals surface area (Å²) in [7, 11) is 1.95. The maximum Gasteiger partial charge on any atom is 0.586 e. The Morgan fingerprint density at radius 1 is 1.25 bits per heavy atom. The van der Waals surface area contributed by atoms with Crippen LogP contribution >= 0.6 is 0 Å². The van der Waals surface area contributed by atoms with Gasteiger partial charge in [0.1, 0.15) is 0 Å². The zero-order chi connectivity index (χ0) is 20.9. The number of hydrogen-bond donors (Lipinski definition) is 1. The van der Waals surface area contributed by atoms with Crippen LogP contribution in [0.1, 0.15) is 53.0 Å². The van der Waals surface area contributed by atoms with E-state index < -0.39 is 11.7 Å². The summed E-state index contributed by atoms with van der Waals surface area (Å²) in [4.78, 5) is 15.1. The van der Waals surface area contributed by atoms with Crippen LogP contribution in [-0.4, -0.2) is 30.3 Å². The first-order valence-electron chi connectivity index (χ1n) is 9.50. The summed E-state index contributed by atoms with van der Waals surface area (Å²) >= 11 is 0. The highest BCUT2D eigenvalue weighted by atomic mass is 19.3. The smallest absolute Gasteiger partial charge is 0.395 e. The quantitative estimate of drug-likeness (QED) is 0.753. The number of halogens is 2. The van der Waals surface area contributed by atoms with Crippen molar-refractivity contribution in [2.45, 2.75) is 65.3 Å². The van der Waals surface area contributed by atoms with Crippen molar-refractivity contribution in [3.63, 3.8) is 0 Å². The minimum atomic E-state index is -3.66. The molecule has 1 unspecified atom stereocenters. The molecule has 3 rings (SSSR count). The first kappa shape index (κ1) is 20.4. The van der Waals surface area contributed by atoms with Crippen LogP contribution in [0.5, 0.6) is 11.5 Å². The number of allylic oxidation sites excluding steroid dienone is 2. The molecule has 1 aliphatic heterocycles. The summed E-state index contributed by atoms with van der Waals surface area (Å²) in [5.41, 5.74) is 1.03. The second-order valence-electron chi connectivity index (χ2n) is 8.60. The highest BCUT2D eigenvalue weighted by Gasteiger charge is 2.53. The molecule has 28 heavy (non-hydrogen) atoms. The first-order valence-corrected chi connectivity index (χ1v) is 9.50. The van der Waals surface area contributed by atoms with Crippen molar-refractivity contribution in [1.82, 2.24) is 10.2 Å². The van der Waals surface area contributed by atoms with Gasteiger partial charge in [0.15, 0.2) is 11.5 Å². The van der Waals surface area contributed by atoms with Crippen molar-refractivity contribution in [3.8, 4) is 11.5 Å². The Morgan fingerprint density at radius 3 is 2.39 bits per heavy atom. The molecule has 5 nitrogen and oxygen atoms in total. The van der Waals surface area contributed by atoms with E-state index in [1.165, 1.54) is 12.1 Å². The van der Waals surface area contributed by atoms with Gasteiger partial charge in [0, 0.05) is 18.2 Å². The van der Waals surface area contributed by atoms with Crippen molar-refractivity contribution in [2.75, 3.05) is 7.05 Å². The van der Waals surface area contributed by atoms with Gasteiger partial charge in [-0.2, -0.15) is 0 Å². The van der Waals surface area contributed by atoms with Gasteiger partial charge >= 0.3 is 6.29 Å². The van der Waals surface area contributed by atoms with Gasteiger partial charge in [0.05, 0.1) is 11.6 Å². The van der Waals surface area contributed by atoms with E-state index in [4.69, 9.17) is 0 Å². The monoisotopic (exact) mass is 394 g/mol. The maximum absolute atomic E-state index is 13.3. The predicted molar refractivity (Wildman–Crippen MR) is 102 cm³/mol. The van der Waals surface area contributed by atoms with Gasteiger partial charge < -0.3 is 19.7 Å². The lowest BCUT2D eigenvalue weighted by Crippen LogP contribution is -2.49. The van der Waals surface area contributed by atoms with Crippen LogP contribution in [0.25, 0.3) is 0 Å². The number of carbonyl (C=O) groups excluding carboxylic acids is 1. The van der Waals surface area contributed by atoms with Crippen molar-refractivity contribution >= 4 is 5.91 Å². The highest BCUT2D eigenvalue weighted by molar-refractivity contribution is 5.91. The van der Waals surface area contributed by atoms with Gasteiger partial charge in [0.2, 0.25) is 5.91 Å². The lowest BCUT2D eigenvalue weighted by Gasteiger charge is -2.37. The molecule has 1 amide bonds. The molecule has 1 N–H and O–H groups in total. The van der Waals surface area contributed by atoms with Crippen LogP contribution in [0.2, 0.25) is 0 Å². The molecule has 0 spiro atoms. The number of nitrogens with zero attached hydrogens (tertiary/aromatic N) is 1. The van der Waals surface area contributed by atoms with Crippen LogP contribution in [0.4, 0.5) is 8.78 Å². The fraction of sp³-hybridized carbons (Fsp3) is 0.571. The largest absolute Gasteiger partial charge is 0.586 e. The maximum atomic E-state index is 13.3. The van der Waals surface area contributed by atoms with Gasteiger partial charge in [-0.15, -0.1) is 8.78 Å². The Balaban J connectivity index is 1.75. The van der Waals surface area contributed by atoms with Gasteiger partial charge in [-0.1, -0.05) is 32.9 Å². The van der Waals surface area contributed by atoms with Crippen LogP contribution < -0.4 is 14.8 Å². The Labute approximate surface area is 164 Å². The summed E-state index contributed by atoms with van der Waals surface area (Å²) in [6.07, 6.45) is -0.489. The molecular weight excluding hydrogens is 366 g/mol. The van der Waals surface area contributed by atoms with E-state index in [1.54, 1.807) is 6.07 Å². The first-order chi connectivity index (χ1) is 12.9. The number of alkyl halides is 2. The standard InChI is InChI=1S/C21H28F2N2O3/c1-7-17(19(3,4)5)25(6)13(2)24-18(26)20(10-11-20)14-8-9-15-16(12-14)28-21(22,23)27-15/h7-9,12-13H,10-11H2,1-6H3,(H,24,26)/b17-7-. The normalized spacial score (nSPS) is 20.5. The van der Waals surface area contributed by atoms with E-state index >= 15 is 0 Å². The van der Waals surface area contributed by atoms with E-state index in [0.717, 1.165) is 5.70 Å². The summed E-state index contributed by atoms with van der Waals surface area (Å²) in [6, 6.07) is 4.59. The lowest BCUT2D eigenvalue weighted by atomic mass is 9.90. The second kappa shape index (κ2) is 6.64. The summed E-state index contributed by atoms with van der Waals surface area (Å²) in [5.74, 6) is -0.154. The zero-order valence-corrected chi connectivity index (χ0v) is 17.2. The van der Waals surface area contributed by atoms with Gasteiger partial charge in [-0.25, -0.2) is 0 Å². The Bertz CT molecular complexity index is 810. The number of fused-ring (bicyclic) bond motifs is 1. The molecule has 1 aromatic rings. The third-order valence-electron chi connectivity index (χ3n) is 5.48. The Morgan fingerprint density at radius 2 is 1.86 bits per heavy atom. The van der Waals surface area contributed by atoms with Gasteiger partial charge in [0.25, 0.3) is 0 Å². The van der Waals surface area contributed by atoms with Gasteiger partial charge in [-0.3, -0.25) is 4.79 Å². The Kier molecular flexibility index (Phi) is 4.84. The molecule has 0 bridgehead atoms. The summed E-state index contributed by atoms with van der Waals surface area (Å²) < 4.78 is 35.5. The van der Waals surface area contributed by atoms with Crippen LogP contribution in [0.15, 0.2) is 30.0 Å². The van der Waals surface area contributed by atoms with Crippen molar-refractivity contribution in [1.29, 1.82) is 0 Å². The van der Waals surface area contributed by atoms with Crippen LogP contribution in [0.3, 0.4) is 0 Å². The average molecular weight is 394 g/mol. The molecule has 1 atom stereocenters. The summed E-state index contributed by atoms with van der Waals surface area (Å²) in [6.45, 7) is 10.3. The molecule has 7 heteroatoms. The predicted octanol–water partition coefficient (Wildman–Crippen LogP) is 4.38. The SMILES string of the molecule is C/C=C(\N(C)C(C)NC(=O)C1(c2ccc3c(c2)OC(F)(F)O3)CC1)C(C)(C)C. The van der Waals surface area contributed by atoms with E-state index in [9.17, 15) is 13.6 Å². The minimum absolute atomic E-state index is 0.0130. The number of ether oxygens (including phenoxy) is 2. The number of rotatable bonds is 5. The highest BCUT2D eigenvalue weighted by Crippen LogP contribution is 2.52. The lowest BCUT2D eigenvalue weighted by molar-refractivity contribution is -0.286. The third kappa shape index (κ3) is 3.66. The van der Waals surface area contributed by atoms with Gasteiger partial charge in [-0.05, 0) is 44.4 Å². The summed E-state index contributed by atoms with van der Waals surface area (Å²) in [5, 5.41) is 3.08. The number of nitrogens with one attached hydrogen (secondary N) is 1. The number of carbonyl (C=O) groups is 1. The topological polar surface area (TPSA) is 50.8 Å². The van der Waals surface area contributed by atoms with Crippen molar-refractivity contribution in [3.05, 3.63) is 35.5 Å². The molecule has 1 saturated carbocycles. The molecule has 0 saturated heterocycles. The zero-order valence-electron chi connectivity index (χ0n) is 17.2. The molecule has 1 aromatic carbocycles. The molecule has 1 fully saturated rings. The molecule has 1 aliphatic carbocycles. The number of benzene rings is 1. The molecule has 154 valence electrons. The number of hydrogen-bond acceptors (Lipinski definition) is 4. The molecule has 0 radical (unpaired) electrons. The van der Waals surface area contributed by atoms with Crippen molar-refractivity contribution < 1.29 is 23.0 Å². The van der Waals surface area contributed by atoms with E-state index in [-0.39, 0.29) is 29.0 Å². The second-order valence-corrected chi connectivity index (χ2v) is 8.60. The van der Waals surface area contributed by atoms with Crippen LogP contribution in [-0.2, 0) is 10.2 Å². The fourth-order valence-electron chi connectivity index (χ4n) is 3.82. The van der Waals surface area contributed by atoms with E-state index in [2.05, 4.69) is 35.6 Å². The molecule has 2 aliphatic rings. The van der Waals surface area contributed by atoms with Crippen molar-refractivity contribution in [2.24, 2.45) is 5.41 Å². The minimum Gasteiger partial charge on any atom is -0.395 e. The number of amides is 1. The van der Waals surface area contributed by atoms with E-state index in [1.807, 2.05) is 31.9 Å². The fourth-order valence-corrected chi connectivity index (χ4v) is 3.82.